The number of hydrogen-bond donors (Lipinski definition) is 0. The molecule has 0 radical (unpaired) electrons. The second-order valence-corrected chi connectivity index (χ2v) is 6.56. The van der Waals surface area contributed by atoms with Gasteiger partial charge in [0.15, 0.2) is 0 Å². The van der Waals surface area contributed by atoms with E-state index in [1.807, 2.05) is 18.2 Å². The molecule has 0 amide bonds. The molecule has 23 heavy (non-hydrogen) atoms. The Kier molecular flexibility index (Phi) is 4.01. The van der Waals surface area contributed by atoms with E-state index >= 15 is 0 Å². The first kappa shape index (κ1) is 14.7. The average Bonchev–Trinajstić information content (AvgIpc) is 3.18. The standard InChI is InChI=1S/C17H22N4O2/c1-3-15(23-9-1)11-20-8-10-22-14-17(12-20)4-7-21(13-17)16-18-5-2-6-19-16/h1-3,5-6,9H,4,7-8,10-14H2. The van der Waals surface area contributed by atoms with Crippen LogP contribution in [0.15, 0.2) is 41.3 Å². The van der Waals surface area contributed by atoms with Crippen LogP contribution in [-0.2, 0) is 11.3 Å². The molecule has 2 aliphatic heterocycles. The van der Waals surface area contributed by atoms with Crippen LogP contribution < -0.4 is 4.90 Å². The summed E-state index contributed by atoms with van der Waals surface area (Å²) < 4.78 is 11.4. The van der Waals surface area contributed by atoms with Crippen molar-refractivity contribution in [2.24, 2.45) is 5.41 Å². The molecule has 2 aromatic heterocycles. The summed E-state index contributed by atoms with van der Waals surface area (Å²) in [6, 6.07) is 5.84. The molecule has 0 bridgehead atoms. The van der Waals surface area contributed by atoms with E-state index in [4.69, 9.17) is 9.15 Å². The largest absolute Gasteiger partial charge is 0.468 e. The molecule has 6 heteroatoms. The summed E-state index contributed by atoms with van der Waals surface area (Å²) >= 11 is 0. The van der Waals surface area contributed by atoms with Crippen molar-refractivity contribution < 1.29 is 9.15 Å². The van der Waals surface area contributed by atoms with E-state index in [1.54, 1.807) is 18.7 Å². The van der Waals surface area contributed by atoms with Crippen molar-refractivity contribution in [1.82, 2.24) is 14.9 Å². The minimum Gasteiger partial charge on any atom is -0.468 e. The van der Waals surface area contributed by atoms with Crippen molar-refractivity contribution in [2.45, 2.75) is 13.0 Å². The minimum atomic E-state index is 0.155. The van der Waals surface area contributed by atoms with Gasteiger partial charge in [-0.3, -0.25) is 4.90 Å². The Labute approximate surface area is 136 Å². The lowest BCUT2D eigenvalue weighted by molar-refractivity contribution is 0.0796. The van der Waals surface area contributed by atoms with Crippen LogP contribution in [0.25, 0.3) is 0 Å². The zero-order valence-corrected chi connectivity index (χ0v) is 13.2. The molecular formula is C17H22N4O2. The predicted molar refractivity (Wildman–Crippen MR) is 86.1 cm³/mol. The van der Waals surface area contributed by atoms with Crippen molar-refractivity contribution >= 4 is 5.95 Å². The number of rotatable bonds is 3. The molecule has 0 N–H and O–H groups in total. The molecule has 0 aliphatic carbocycles. The molecule has 6 nitrogen and oxygen atoms in total. The van der Waals surface area contributed by atoms with Crippen molar-refractivity contribution in [3.63, 3.8) is 0 Å². The van der Waals surface area contributed by atoms with Crippen LogP contribution in [0.5, 0.6) is 0 Å². The third-order valence-electron chi connectivity index (χ3n) is 4.75. The molecule has 1 spiro atoms. The van der Waals surface area contributed by atoms with Crippen molar-refractivity contribution in [3.8, 4) is 0 Å². The van der Waals surface area contributed by atoms with Gasteiger partial charge in [-0.05, 0) is 24.6 Å². The fraction of sp³-hybridized carbons (Fsp3) is 0.529. The monoisotopic (exact) mass is 314 g/mol. The lowest BCUT2D eigenvalue weighted by Gasteiger charge is -2.31. The lowest BCUT2D eigenvalue weighted by Crippen LogP contribution is -2.40. The fourth-order valence-corrected chi connectivity index (χ4v) is 3.65. The van der Waals surface area contributed by atoms with Crippen molar-refractivity contribution in [1.29, 1.82) is 0 Å². The Bertz CT molecular complexity index is 619. The van der Waals surface area contributed by atoms with Gasteiger partial charge in [-0.15, -0.1) is 0 Å². The smallest absolute Gasteiger partial charge is 0.225 e. The first-order chi connectivity index (χ1) is 11.3. The molecule has 122 valence electrons. The maximum absolute atomic E-state index is 5.93. The number of anilines is 1. The Morgan fingerprint density at radius 1 is 1.13 bits per heavy atom. The van der Waals surface area contributed by atoms with Crippen LogP contribution in [0.2, 0.25) is 0 Å². The van der Waals surface area contributed by atoms with E-state index in [-0.39, 0.29) is 5.41 Å². The van der Waals surface area contributed by atoms with Gasteiger partial charge in [0.1, 0.15) is 5.76 Å². The number of nitrogens with zero attached hydrogens (tertiary/aromatic N) is 4. The van der Waals surface area contributed by atoms with E-state index < -0.39 is 0 Å². The van der Waals surface area contributed by atoms with Gasteiger partial charge in [0, 0.05) is 44.0 Å². The normalized spacial score (nSPS) is 25.8. The SMILES string of the molecule is c1cnc(N2CCC3(COCCN(Cc4ccco4)C3)C2)nc1. The van der Waals surface area contributed by atoms with Gasteiger partial charge in [-0.25, -0.2) is 9.97 Å². The van der Waals surface area contributed by atoms with Gasteiger partial charge in [0.05, 0.1) is 26.0 Å². The maximum atomic E-state index is 5.93. The van der Waals surface area contributed by atoms with Crippen LogP contribution in [0, 0.1) is 5.41 Å². The Morgan fingerprint density at radius 2 is 2.04 bits per heavy atom. The average molecular weight is 314 g/mol. The molecule has 2 saturated heterocycles. The summed E-state index contributed by atoms with van der Waals surface area (Å²) in [5.41, 5.74) is 0.155. The Hall–Kier alpha value is -1.92. The molecule has 0 aromatic carbocycles. The second-order valence-electron chi connectivity index (χ2n) is 6.56. The molecule has 4 heterocycles. The molecule has 2 aromatic rings. The Balaban J connectivity index is 1.46. The van der Waals surface area contributed by atoms with Gasteiger partial charge < -0.3 is 14.1 Å². The second kappa shape index (κ2) is 6.29. The summed E-state index contributed by atoms with van der Waals surface area (Å²) in [4.78, 5) is 13.5. The van der Waals surface area contributed by atoms with Crippen LogP contribution in [0.4, 0.5) is 5.95 Å². The molecule has 2 fully saturated rings. The maximum Gasteiger partial charge on any atom is 0.225 e. The van der Waals surface area contributed by atoms with E-state index in [2.05, 4.69) is 19.8 Å². The zero-order chi connectivity index (χ0) is 15.5. The lowest BCUT2D eigenvalue weighted by atomic mass is 9.87. The highest BCUT2D eigenvalue weighted by molar-refractivity contribution is 5.32. The molecule has 1 atom stereocenters. The van der Waals surface area contributed by atoms with Crippen molar-refractivity contribution in [3.05, 3.63) is 42.6 Å². The zero-order valence-electron chi connectivity index (χ0n) is 13.2. The van der Waals surface area contributed by atoms with Crippen LogP contribution in [-0.4, -0.2) is 54.3 Å². The summed E-state index contributed by atoms with van der Waals surface area (Å²) in [6.45, 7) is 6.35. The van der Waals surface area contributed by atoms with Gasteiger partial charge in [-0.2, -0.15) is 0 Å². The highest BCUT2D eigenvalue weighted by Crippen LogP contribution is 2.35. The van der Waals surface area contributed by atoms with Gasteiger partial charge in [0.2, 0.25) is 5.95 Å². The third kappa shape index (κ3) is 3.23. The highest BCUT2D eigenvalue weighted by atomic mass is 16.5. The number of furan rings is 1. The summed E-state index contributed by atoms with van der Waals surface area (Å²) in [6.07, 6.45) is 6.46. The van der Waals surface area contributed by atoms with Gasteiger partial charge >= 0.3 is 0 Å². The molecule has 2 aliphatic rings. The minimum absolute atomic E-state index is 0.155. The first-order valence-corrected chi connectivity index (χ1v) is 8.18. The van der Waals surface area contributed by atoms with Gasteiger partial charge in [-0.1, -0.05) is 0 Å². The molecule has 1 unspecified atom stereocenters. The van der Waals surface area contributed by atoms with Crippen LogP contribution in [0.1, 0.15) is 12.2 Å². The molecule has 0 saturated carbocycles. The number of hydrogen-bond acceptors (Lipinski definition) is 6. The van der Waals surface area contributed by atoms with E-state index in [0.29, 0.717) is 0 Å². The predicted octanol–water partition coefficient (Wildman–Crippen LogP) is 1.80. The quantitative estimate of drug-likeness (QED) is 0.861. The highest BCUT2D eigenvalue weighted by Gasteiger charge is 2.42. The Morgan fingerprint density at radius 3 is 2.87 bits per heavy atom. The molecule has 4 rings (SSSR count). The van der Waals surface area contributed by atoms with Crippen LogP contribution in [0.3, 0.4) is 0 Å². The third-order valence-corrected chi connectivity index (χ3v) is 4.75. The van der Waals surface area contributed by atoms with Gasteiger partial charge in [0.25, 0.3) is 0 Å². The van der Waals surface area contributed by atoms with Crippen LogP contribution >= 0.6 is 0 Å². The summed E-state index contributed by atoms with van der Waals surface area (Å²) in [7, 11) is 0. The van der Waals surface area contributed by atoms with Crippen molar-refractivity contribution in [2.75, 3.05) is 44.3 Å². The molecular weight excluding hydrogens is 292 g/mol. The van der Waals surface area contributed by atoms with E-state index in [0.717, 1.165) is 64.1 Å². The number of aromatic nitrogens is 2. The number of ether oxygens (including phenoxy) is 1. The topological polar surface area (TPSA) is 54.6 Å². The summed E-state index contributed by atoms with van der Waals surface area (Å²) in [5, 5.41) is 0. The summed E-state index contributed by atoms with van der Waals surface area (Å²) in [5.74, 6) is 1.84. The van der Waals surface area contributed by atoms with E-state index in [9.17, 15) is 0 Å². The fourth-order valence-electron chi connectivity index (χ4n) is 3.65. The first-order valence-electron chi connectivity index (χ1n) is 8.18. The van der Waals surface area contributed by atoms with E-state index in [1.165, 1.54) is 0 Å².